The zero-order valence-electron chi connectivity index (χ0n) is 9.47. The molecule has 88 valence electrons. The van der Waals surface area contributed by atoms with E-state index in [9.17, 15) is 25.9 Å². The van der Waals surface area contributed by atoms with Gasteiger partial charge in [0.15, 0.2) is 0 Å². The van der Waals surface area contributed by atoms with Gasteiger partial charge in [-0.25, -0.2) is 16.8 Å². The monoisotopic (exact) mass is 310 g/mol. The molecule has 0 fully saturated rings. The van der Waals surface area contributed by atoms with Gasteiger partial charge in [-0.2, -0.15) is 0 Å². The van der Waals surface area contributed by atoms with Crippen LogP contribution < -0.4 is 59.1 Å². The minimum Gasteiger partial charge on any atom is -0.744 e. The molecule has 0 aromatic heterocycles. The number of nitrogens with zero attached hydrogens (tertiary/aromatic N) is 2. The van der Waals surface area contributed by atoms with Gasteiger partial charge in [0.1, 0.15) is 10.1 Å². The molecular weight excluding hydrogens is 306 g/mol. The molecule has 0 aliphatic rings. The Labute approximate surface area is 148 Å². The Morgan fingerprint density at radius 1 is 1.00 bits per heavy atom. The summed E-state index contributed by atoms with van der Waals surface area (Å²) in [5, 5.41) is 2.97. The van der Waals surface area contributed by atoms with Crippen molar-refractivity contribution in [3.63, 3.8) is 0 Å². The van der Waals surface area contributed by atoms with Crippen molar-refractivity contribution >= 4 is 26.1 Å². The molecule has 1 aromatic rings. The summed E-state index contributed by atoms with van der Waals surface area (Å²) >= 11 is 0. The van der Waals surface area contributed by atoms with Crippen molar-refractivity contribution in [3.8, 4) is 0 Å². The third kappa shape index (κ3) is 7.94. The largest absolute Gasteiger partial charge is 1.00 e. The molecular formula is C6H4N2Na2O6S2. The van der Waals surface area contributed by atoms with Crippen LogP contribution in [0.15, 0.2) is 38.8 Å². The second-order valence-corrected chi connectivity index (χ2v) is 4.96. The van der Waals surface area contributed by atoms with Crippen molar-refractivity contribution in [1.29, 1.82) is 0 Å². The maximum absolute atomic E-state index is 10.6. The molecule has 12 heteroatoms. The fourth-order valence-corrected chi connectivity index (χ4v) is 1.50. The van der Waals surface area contributed by atoms with Gasteiger partial charge in [0.05, 0.1) is 10.6 Å². The average molecular weight is 310 g/mol. The molecule has 0 saturated heterocycles. The van der Waals surface area contributed by atoms with Crippen LogP contribution in [0.2, 0.25) is 0 Å². The Morgan fingerprint density at radius 3 is 2.00 bits per heavy atom. The summed E-state index contributed by atoms with van der Waals surface area (Å²) in [4.78, 5) is -0.591. The van der Waals surface area contributed by atoms with Crippen molar-refractivity contribution in [2.75, 3.05) is 0 Å². The Balaban J connectivity index is 0. The first-order valence-electron chi connectivity index (χ1n) is 3.63. The van der Waals surface area contributed by atoms with Crippen molar-refractivity contribution in [3.05, 3.63) is 24.3 Å². The quantitative estimate of drug-likeness (QED) is 0.309. The van der Waals surface area contributed by atoms with Gasteiger partial charge in [0.25, 0.3) is 0 Å². The summed E-state index contributed by atoms with van der Waals surface area (Å²) in [7, 11) is -9.55. The maximum atomic E-state index is 10.6. The SMILES string of the molecule is O=S(=O)([O-])N=Nc1cccc(S(=O)(=O)[O-])c1.[Na+].[Na+]. The van der Waals surface area contributed by atoms with Crippen LogP contribution in [-0.2, 0) is 20.4 Å². The molecule has 1 aromatic carbocycles. The first-order chi connectivity index (χ1) is 7.18. The van der Waals surface area contributed by atoms with E-state index >= 15 is 0 Å². The summed E-state index contributed by atoms with van der Waals surface area (Å²) in [6.45, 7) is 0. The first kappa shape index (κ1) is 20.9. The van der Waals surface area contributed by atoms with Crippen LogP contribution in [0.25, 0.3) is 0 Å². The maximum Gasteiger partial charge on any atom is 1.00 e. The molecule has 0 aliphatic heterocycles. The van der Waals surface area contributed by atoms with E-state index in [1.165, 1.54) is 6.07 Å². The normalized spacial score (nSPS) is 11.7. The zero-order valence-corrected chi connectivity index (χ0v) is 15.1. The van der Waals surface area contributed by atoms with Gasteiger partial charge in [-0.3, -0.25) is 0 Å². The molecule has 0 amide bonds. The summed E-state index contributed by atoms with van der Waals surface area (Å²) in [5.41, 5.74) is -0.226. The molecule has 0 bridgehead atoms. The third-order valence-electron chi connectivity index (χ3n) is 1.36. The van der Waals surface area contributed by atoms with Crippen molar-refractivity contribution in [1.82, 2.24) is 0 Å². The predicted molar refractivity (Wildman–Crippen MR) is 48.6 cm³/mol. The molecule has 1 rings (SSSR count). The Hall–Kier alpha value is 0.640. The van der Waals surface area contributed by atoms with Crippen LogP contribution >= 0.6 is 0 Å². The molecule has 0 aliphatic carbocycles. The minimum atomic E-state index is -4.89. The Kier molecular flexibility index (Phi) is 9.36. The summed E-state index contributed by atoms with van der Waals surface area (Å²) < 4.78 is 64.4. The first-order valence-corrected chi connectivity index (χ1v) is 6.41. The van der Waals surface area contributed by atoms with Crippen molar-refractivity contribution in [2.24, 2.45) is 9.63 Å². The Bertz CT molecular complexity index is 627. The molecule has 18 heavy (non-hydrogen) atoms. The summed E-state index contributed by atoms with van der Waals surface area (Å²) in [5.74, 6) is 0. The number of benzene rings is 1. The molecule has 0 saturated carbocycles. The van der Waals surface area contributed by atoms with Gasteiger partial charge in [-0.1, -0.05) is 10.6 Å². The van der Waals surface area contributed by atoms with Crippen LogP contribution in [0.1, 0.15) is 0 Å². The summed E-state index contributed by atoms with van der Waals surface area (Å²) in [6.07, 6.45) is 0. The molecule has 0 N–H and O–H groups in total. The van der Waals surface area contributed by atoms with Crippen LogP contribution in [0.3, 0.4) is 0 Å². The smallest absolute Gasteiger partial charge is 0.744 e. The van der Waals surface area contributed by atoms with E-state index in [2.05, 4.69) is 9.63 Å². The topological polar surface area (TPSA) is 139 Å². The fourth-order valence-electron chi connectivity index (χ4n) is 0.798. The number of hydrogen-bond donors (Lipinski definition) is 0. The van der Waals surface area contributed by atoms with Crippen molar-refractivity contribution in [2.45, 2.75) is 4.90 Å². The van der Waals surface area contributed by atoms with Gasteiger partial charge in [0.2, 0.25) is 10.3 Å². The molecule has 0 atom stereocenters. The van der Waals surface area contributed by atoms with Gasteiger partial charge >= 0.3 is 59.1 Å². The van der Waals surface area contributed by atoms with Crippen LogP contribution in [0.5, 0.6) is 0 Å². The standard InChI is InChI=1S/C6H6N2O6S2.2Na/c9-15(10,11)6-3-1-2-5(4-6)7-8-16(12,13)14;;/h1-4H,(H,9,10,11)(H,12,13,14);;/q;2*+1/p-2. The van der Waals surface area contributed by atoms with Gasteiger partial charge < -0.3 is 9.11 Å². The van der Waals surface area contributed by atoms with E-state index in [4.69, 9.17) is 0 Å². The van der Waals surface area contributed by atoms with Gasteiger partial charge in [-0.15, -0.1) is 5.11 Å². The van der Waals surface area contributed by atoms with Crippen molar-refractivity contribution < 1.29 is 85.1 Å². The van der Waals surface area contributed by atoms with Crippen LogP contribution in [0.4, 0.5) is 5.69 Å². The van der Waals surface area contributed by atoms with Gasteiger partial charge in [-0.05, 0) is 18.2 Å². The number of rotatable bonds is 3. The fraction of sp³-hybridized carbons (Fsp3) is 0. The second-order valence-electron chi connectivity index (χ2n) is 2.56. The van der Waals surface area contributed by atoms with E-state index in [0.717, 1.165) is 18.2 Å². The average Bonchev–Trinajstić information content (AvgIpc) is 2.13. The third-order valence-corrected chi connectivity index (χ3v) is 2.48. The predicted octanol–water partition coefficient (Wildman–Crippen LogP) is -5.86. The molecule has 0 heterocycles. The molecule has 0 spiro atoms. The Morgan fingerprint density at radius 2 is 1.56 bits per heavy atom. The zero-order chi connectivity index (χ0) is 12.4. The molecule has 0 radical (unpaired) electrons. The summed E-state index contributed by atoms with van der Waals surface area (Å²) in [6, 6.07) is 4.16. The van der Waals surface area contributed by atoms with Crippen LogP contribution in [0, 0.1) is 0 Å². The van der Waals surface area contributed by atoms with E-state index in [-0.39, 0.29) is 64.8 Å². The van der Waals surface area contributed by atoms with E-state index in [1.807, 2.05) is 0 Å². The second kappa shape index (κ2) is 8.04. The van der Waals surface area contributed by atoms with E-state index in [0.29, 0.717) is 0 Å². The molecule has 8 nitrogen and oxygen atoms in total. The van der Waals surface area contributed by atoms with Gasteiger partial charge in [0, 0.05) is 0 Å². The van der Waals surface area contributed by atoms with Crippen LogP contribution in [-0.4, -0.2) is 25.9 Å². The minimum absolute atomic E-state index is 0. The number of hydrogen-bond acceptors (Lipinski definition) is 7. The molecule has 0 unspecified atom stereocenters. The van der Waals surface area contributed by atoms with E-state index in [1.54, 1.807) is 0 Å². The van der Waals surface area contributed by atoms with E-state index < -0.39 is 25.3 Å².